The predicted octanol–water partition coefficient (Wildman–Crippen LogP) is 4.99. The van der Waals surface area contributed by atoms with Gasteiger partial charge in [-0.2, -0.15) is 0 Å². The summed E-state index contributed by atoms with van der Waals surface area (Å²) < 4.78 is 0. The van der Waals surface area contributed by atoms with Gasteiger partial charge in [0, 0.05) is 5.41 Å². The van der Waals surface area contributed by atoms with Gasteiger partial charge in [0.15, 0.2) is 0 Å². The minimum atomic E-state index is -1.49. The molecule has 0 bridgehead atoms. The number of hydrogen-bond acceptors (Lipinski definition) is 4. The SMILES string of the molecule is C[C@]12CCCCC1CC[C@@H]1[C@@H]2CC[C@@]2(C)[C@H]1CC[C@]2(O)C(O)=C(O)O. The Labute approximate surface area is 151 Å². The van der Waals surface area contributed by atoms with Crippen molar-refractivity contribution in [2.24, 2.45) is 34.5 Å². The van der Waals surface area contributed by atoms with Crippen LogP contribution in [0.1, 0.15) is 78.1 Å². The highest BCUT2D eigenvalue weighted by atomic mass is 16.5. The van der Waals surface area contributed by atoms with Crippen LogP contribution in [0.15, 0.2) is 11.7 Å². The molecule has 4 nitrogen and oxygen atoms in total. The third-order valence-electron chi connectivity index (χ3n) is 9.34. The average molecular weight is 350 g/mol. The summed E-state index contributed by atoms with van der Waals surface area (Å²) in [4.78, 5) is 0. The summed E-state index contributed by atoms with van der Waals surface area (Å²) in [5.74, 6) is 0.809. The zero-order valence-electron chi connectivity index (χ0n) is 15.7. The van der Waals surface area contributed by atoms with E-state index in [0.717, 1.165) is 31.1 Å². The van der Waals surface area contributed by atoms with Gasteiger partial charge in [-0.3, -0.25) is 0 Å². The Morgan fingerprint density at radius 3 is 2.24 bits per heavy atom. The van der Waals surface area contributed by atoms with Gasteiger partial charge < -0.3 is 20.4 Å². The lowest BCUT2D eigenvalue weighted by molar-refractivity contribution is -0.151. The van der Waals surface area contributed by atoms with E-state index in [1.165, 1.54) is 38.5 Å². The maximum Gasteiger partial charge on any atom is 0.316 e. The number of rotatable bonds is 1. The lowest BCUT2D eigenvalue weighted by atomic mass is 9.44. The van der Waals surface area contributed by atoms with Crippen molar-refractivity contribution in [3.63, 3.8) is 0 Å². The first-order valence-electron chi connectivity index (χ1n) is 10.3. The Balaban J connectivity index is 1.67. The van der Waals surface area contributed by atoms with Gasteiger partial charge in [-0.15, -0.1) is 0 Å². The summed E-state index contributed by atoms with van der Waals surface area (Å²) in [5, 5.41) is 40.3. The molecule has 4 heteroatoms. The zero-order valence-corrected chi connectivity index (χ0v) is 15.7. The van der Waals surface area contributed by atoms with Crippen LogP contribution in [0.5, 0.6) is 0 Å². The quantitative estimate of drug-likeness (QED) is 0.502. The first kappa shape index (κ1) is 17.5. The van der Waals surface area contributed by atoms with Gasteiger partial charge in [0.05, 0.1) is 0 Å². The second-order valence-electron chi connectivity index (χ2n) is 9.93. The molecule has 4 rings (SSSR count). The third kappa shape index (κ3) is 2.15. The molecular formula is C21H34O4. The molecule has 7 atom stereocenters. The Bertz CT molecular complexity index is 582. The predicted molar refractivity (Wildman–Crippen MR) is 96.2 cm³/mol. The molecule has 0 amide bonds. The van der Waals surface area contributed by atoms with Crippen LogP contribution in [0.4, 0.5) is 0 Å². The third-order valence-corrected chi connectivity index (χ3v) is 9.34. The fourth-order valence-electron chi connectivity index (χ4n) is 7.89. The van der Waals surface area contributed by atoms with Crippen LogP contribution in [0.25, 0.3) is 0 Å². The van der Waals surface area contributed by atoms with Gasteiger partial charge in [-0.05, 0) is 80.5 Å². The van der Waals surface area contributed by atoms with Crippen LogP contribution in [-0.4, -0.2) is 26.0 Å². The van der Waals surface area contributed by atoms with Crippen molar-refractivity contribution >= 4 is 0 Å². The molecule has 4 aliphatic rings. The Morgan fingerprint density at radius 2 is 1.52 bits per heavy atom. The summed E-state index contributed by atoms with van der Waals surface area (Å²) in [7, 11) is 0. The van der Waals surface area contributed by atoms with E-state index < -0.39 is 22.7 Å². The van der Waals surface area contributed by atoms with Crippen LogP contribution < -0.4 is 0 Å². The fourth-order valence-corrected chi connectivity index (χ4v) is 7.89. The number of fused-ring (bicyclic) bond motifs is 5. The van der Waals surface area contributed by atoms with Gasteiger partial charge in [-0.25, -0.2) is 0 Å². The number of aliphatic hydroxyl groups is 4. The molecule has 0 heterocycles. The molecule has 4 fully saturated rings. The van der Waals surface area contributed by atoms with Gasteiger partial charge >= 0.3 is 5.95 Å². The summed E-state index contributed by atoms with van der Waals surface area (Å²) in [6, 6.07) is 0. The minimum Gasteiger partial charge on any atom is -0.504 e. The van der Waals surface area contributed by atoms with Crippen LogP contribution >= 0.6 is 0 Å². The van der Waals surface area contributed by atoms with Crippen molar-refractivity contribution in [2.45, 2.75) is 83.7 Å². The molecule has 4 aliphatic carbocycles. The van der Waals surface area contributed by atoms with Crippen molar-refractivity contribution in [3.8, 4) is 0 Å². The second kappa shape index (κ2) is 5.55. The van der Waals surface area contributed by atoms with Crippen molar-refractivity contribution in [3.05, 3.63) is 11.7 Å². The first-order valence-corrected chi connectivity index (χ1v) is 10.3. The lowest BCUT2D eigenvalue weighted by Gasteiger charge is -2.61. The molecule has 142 valence electrons. The Morgan fingerprint density at radius 1 is 0.800 bits per heavy atom. The molecule has 0 aliphatic heterocycles. The topological polar surface area (TPSA) is 80.9 Å². The summed E-state index contributed by atoms with van der Waals surface area (Å²) in [6.45, 7) is 4.59. The largest absolute Gasteiger partial charge is 0.504 e. The maximum atomic E-state index is 11.2. The summed E-state index contributed by atoms with van der Waals surface area (Å²) in [6.07, 6.45) is 11.2. The fraction of sp³-hybridized carbons (Fsp3) is 0.905. The van der Waals surface area contributed by atoms with E-state index in [2.05, 4.69) is 13.8 Å². The van der Waals surface area contributed by atoms with Crippen LogP contribution in [0.2, 0.25) is 0 Å². The van der Waals surface area contributed by atoms with Crippen LogP contribution in [-0.2, 0) is 0 Å². The molecule has 0 radical (unpaired) electrons. The smallest absolute Gasteiger partial charge is 0.316 e. The minimum absolute atomic E-state index is 0.359. The molecule has 0 saturated heterocycles. The molecule has 0 aromatic rings. The normalized spacial score (nSPS) is 52.0. The molecule has 4 N–H and O–H groups in total. The van der Waals surface area contributed by atoms with Gasteiger partial charge in [0.25, 0.3) is 0 Å². The molecule has 0 spiro atoms. The second-order valence-corrected chi connectivity index (χ2v) is 9.93. The van der Waals surface area contributed by atoms with Gasteiger partial charge in [0.1, 0.15) is 5.60 Å². The van der Waals surface area contributed by atoms with Crippen molar-refractivity contribution in [1.29, 1.82) is 0 Å². The Kier molecular flexibility index (Phi) is 3.89. The van der Waals surface area contributed by atoms with E-state index in [1.54, 1.807) is 0 Å². The lowest BCUT2D eigenvalue weighted by Crippen LogP contribution is -2.56. The van der Waals surface area contributed by atoms with E-state index in [0.29, 0.717) is 23.7 Å². The van der Waals surface area contributed by atoms with Gasteiger partial charge in [-0.1, -0.05) is 26.7 Å². The van der Waals surface area contributed by atoms with E-state index >= 15 is 0 Å². The summed E-state index contributed by atoms with van der Waals surface area (Å²) >= 11 is 0. The molecular weight excluding hydrogens is 316 g/mol. The monoisotopic (exact) mass is 350 g/mol. The van der Waals surface area contributed by atoms with Crippen molar-refractivity contribution in [2.75, 3.05) is 0 Å². The highest BCUT2D eigenvalue weighted by Crippen LogP contribution is 2.69. The summed E-state index contributed by atoms with van der Waals surface area (Å²) in [5.41, 5.74) is -1.52. The van der Waals surface area contributed by atoms with Gasteiger partial charge in [0.2, 0.25) is 5.76 Å². The highest BCUT2D eigenvalue weighted by molar-refractivity contribution is 5.23. The first-order chi connectivity index (χ1) is 11.7. The van der Waals surface area contributed by atoms with E-state index in [-0.39, 0.29) is 0 Å². The van der Waals surface area contributed by atoms with E-state index in [1.807, 2.05) is 0 Å². The van der Waals surface area contributed by atoms with Crippen molar-refractivity contribution < 1.29 is 20.4 Å². The molecule has 0 aromatic heterocycles. The molecule has 25 heavy (non-hydrogen) atoms. The Hall–Kier alpha value is -0.900. The van der Waals surface area contributed by atoms with Crippen LogP contribution in [0, 0.1) is 34.5 Å². The maximum absolute atomic E-state index is 11.2. The number of hydrogen-bond donors (Lipinski definition) is 4. The number of aliphatic hydroxyl groups excluding tert-OH is 2. The molecule has 0 aromatic carbocycles. The van der Waals surface area contributed by atoms with E-state index in [4.69, 9.17) is 0 Å². The van der Waals surface area contributed by atoms with E-state index in [9.17, 15) is 20.4 Å². The standard InChI is InChI=1S/C21H34O4/c1-19-10-4-3-5-13(19)6-7-14-15(19)8-11-20(2)16(14)9-12-21(20,25)17(22)18(23)24/h13-16,22-25H,3-12H2,1-2H3/t13?,14-,15+,16+,19+,20+,21+/m1/s1. The van der Waals surface area contributed by atoms with Crippen LogP contribution in [0.3, 0.4) is 0 Å². The molecule has 1 unspecified atom stereocenters. The van der Waals surface area contributed by atoms with Crippen molar-refractivity contribution in [1.82, 2.24) is 0 Å². The molecule has 4 saturated carbocycles. The highest BCUT2D eigenvalue weighted by Gasteiger charge is 2.66. The zero-order chi connectivity index (χ0) is 18.0. The average Bonchev–Trinajstić information content (AvgIpc) is 2.86.